The van der Waals surface area contributed by atoms with Crippen molar-refractivity contribution in [3.8, 4) is 11.3 Å². The van der Waals surface area contributed by atoms with Crippen LogP contribution in [0.15, 0.2) is 42.6 Å². The minimum absolute atomic E-state index is 0.195. The fourth-order valence-corrected chi connectivity index (χ4v) is 3.89. The molecule has 6 heteroatoms. The van der Waals surface area contributed by atoms with E-state index in [1.165, 1.54) is 16.8 Å². The number of rotatable bonds is 4. The molecule has 140 valence electrons. The second-order valence-electron chi connectivity index (χ2n) is 7.09. The van der Waals surface area contributed by atoms with E-state index in [-0.39, 0.29) is 5.91 Å². The molecule has 0 N–H and O–H groups in total. The quantitative estimate of drug-likeness (QED) is 0.716. The lowest BCUT2D eigenvalue weighted by Gasteiger charge is -2.20. The fourth-order valence-electron chi connectivity index (χ4n) is 3.89. The number of hydrogen-bond donors (Lipinski definition) is 0. The van der Waals surface area contributed by atoms with E-state index in [0.29, 0.717) is 13.0 Å². The molecule has 0 saturated heterocycles. The molecule has 0 unspecified atom stereocenters. The van der Waals surface area contributed by atoms with E-state index < -0.39 is 0 Å². The number of amides is 1. The SMILES string of the molecule is Cc1ccnn1CCC(=O)N1CCc2nn(C)c(-c3ccccc3)c2CC1. The summed E-state index contributed by atoms with van der Waals surface area (Å²) >= 11 is 0. The van der Waals surface area contributed by atoms with Crippen LogP contribution in [-0.2, 0) is 31.2 Å². The molecule has 4 rings (SSSR count). The predicted octanol–water partition coefficient (Wildman–Crippen LogP) is 2.61. The number of carbonyl (C=O) groups excluding carboxylic acids is 1. The van der Waals surface area contributed by atoms with Gasteiger partial charge in [0.1, 0.15) is 0 Å². The Morgan fingerprint density at radius 2 is 1.89 bits per heavy atom. The first-order valence-electron chi connectivity index (χ1n) is 9.50. The molecular formula is C21H25N5O. The maximum atomic E-state index is 12.7. The van der Waals surface area contributed by atoms with E-state index in [2.05, 4.69) is 29.4 Å². The Labute approximate surface area is 159 Å². The number of aromatic nitrogens is 4. The van der Waals surface area contributed by atoms with E-state index in [9.17, 15) is 4.79 Å². The molecule has 6 nitrogen and oxygen atoms in total. The van der Waals surface area contributed by atoms with Gasteiger partial charge in [-0.05, 0) is 19.4 Å². The summed E-state index contributed by atoms with van der Waals surface area (Å²) in [6.45, 7) is 4.12. The maximum absolute atomic E-state index is 12.7. The van der Waals surface area contributed by atoms with E-state index >= 15 is 0 Å². The molecule has 1 aliphatic rings. The summed E-state index contributed by atoms with van der Waals surface area (Å²) < 4.78 is 3.87. The lowest BCUT2D eigenvalue weighted by Crippen LogP contribution is -2.34. The highest BCUT2D eigenvalue weighted by Crippen LogP contribution is 2.28. The molecule has 3 aromatic rings. The Kier molecular flexibility index (Phi) is 4.79. The Morgan fingerprint density at radius 1 is 1.11 bits per heavy atom. The van der Waals surface area contributed by atoms with Crippen molar-refractivity contribution in [2.45, 2.75) is 32.7 Å². The van der Waals surface area contributed by atoms with Gasteiger partial charge in [0.15, 0.2) is 0 Å². The first-order valence-corrected chi connectivity index (χ1v) is 9.50. The summed E-state index contributed by atoms with van der Waals surface area (Å²) in [6, 6.07) is 12.3. The smallest absolute Gasteiger partial charge is 0.224 e. The maximum Gasteiger partial charge on any atom is 0.224 e. The summed E-state index contributed by atoms with van der Waals surface area (Å²) in [5.74, 6) is 0.195. The predicted molar refractivity (Wildman–Crippen MR) is 104 cm³/mol. The monoisotopic (exact) mass is 363 g/mol. The van der Waals surface area contributed by atoms with Crippen LogP contribution in [0.2, 0.25) is 0 Å². The van der Waals surface area contributed by atoms with Crippen molar-refractivity contribution in [2.24, 2.45) is 7.05 Å². The topological polar surface area (TPSA) is 56.0 Å². The highest BCUT2D eigenvalue weighted by molar-refractivity contribution is 5.76. The number of fused-ring (bicyclic) bond motifs is 1. The van der Waals surface area contributed by atoms with E-state index in [1.54, 1.807) is 6.20 Å². The molecular weight excluding hydrogens is 338 g/mol. The molecule has 2 aromatic heterocycles. The number of hydrogen-bond acceptors (Lipinski definition) is 3. The van der Waals surface area contributed by atoms with Gasteiger partial charge in [0.05, 0.1) is 11.4 Å². The van der Waals surface area contributed by atoms with Gasteiger partial charge in [-0.3, -0.25) is 14.2 Å². The Morgan fingerprint density at radius 3 is 2.63 bits per heavy atom. The minimum Gasteiger partial charge on any atom is -0.342 e. The van der Waals surface area contributed by atoms with Gasteiger partial charge in [-0.15, -0.1) is 0 Å². The zero-order valence-corrected chi connectivity index (χ0v) is 15.9. The molecule has 0 aliphatic carbocycles. The van der Waals surface area contributed by atoms with E-state index in [0.717, 1.165) is 37.3 Å². The standard InChI is InChI=1S/C21H25N5O/c1-16-8-12-22-26(16)15-11-20(27)25-13-9-18-19(10-14-25)23-24(2)21(18)17-6-4-3-5-7-17/h3-8,12H,9-11,13-15H2,1-2H3. The Bertz CT molecular complexity index is 941. The van der Waals surface area contributed by atoms with Gasteiger partial charge < -0.3 is 4.90 Å². The van der Waals surface area contributed by atoms with E-state index in [1.807, 2.05) is 40.4 Å². The first-order chi connectivity index (χ1) is 13.1. The van der Waals surface area contributed by atoms with Crippen LogP contribution in [0.3, 0.4) is 0 Å². The molecule has 0 bridgehead atoms. The second kappa shape index (κ2) is 7.39. The first kappa shape index (κ1) is 17.5. The van der Waals surface area contributed by atoms with Crippen molar-refractivity contribution in [3.05, 3.63) is 59.5 Å². The zero-order chi connectivity index (χ0) is 18.8. The van der Waals surface area contributed by atoms with Gasteiger partial charge in [-0.1, -0.05) is 30.3 Å². The normalized spacial score (nSPS) is 14.1. The third-order valence-electron chi connectivity index (χ3n) is 5.35. The van der Waals surface area contributed by atoms with Crippen LogP contribution in [0, 0.1) is 6.92 Å². The highest BCUT2D eigenvalue weighted by Gasteiger charge is 2.24. The molecule has 0 fully saturated rings. The summed E-state index contributed by atoms with van der Waals surface area (Å²) in [4.78, 5) is 14.7. The molecule has 0 spiro atoms. The lowest BCUT2D eigenvalue weighted by molar-refractivity contribution is -0.131. The van der Waals surface area contributed by atoms with Crippen molar-refractivity contribution in [2.75, 3.05) is 13.1 Å². The lowest BCUT2D eigenvalue weighted by atomic mass is 10.0. The number of benzene rings is 1. The van der Waals surface area contributed by atoms with Gasteiger partial charge in [0.2, 0.25) is 5.91 Å². The number of carbonyl (C=O) groups is 1. The number of nitrogens with zero attached hydrogens (tertiary/aromatic N) is 5. The summed E-state index contributed by atoms with van der Waals surface area (Å²) in [5, 5.41) is 9.01. The average Bonchev–Trinajstić information content (AvgIpc) is 3.16. The van der Waals surface area contributed by atoms with Crippen molar-refractivity contribution < 1.29 is 4.79 Å². The highest BCUT2D eigenvalue weighted by atomic mass is 16.2. The van der Waals surface area contributed by atoms with Crippen LogP contribution in [0.4, 0.5) is 0 Å². The molecule has 0 radical (unpaired) electrons. The van der Waals surface area contributed by atoms with Crippen LogP contribution in [0.5, 0.6) is 0 Å². The molecule has 0 atom stereocenters. The van der Waals surface area contributed by atoms with Crippen molar-refractivity contribution in [1.29, 1.82) is 0 Å². The largest absolute Gasteiger partial charge is 0.342 e. The third kappa shape index (κ3) is 3.52. The zero-order valence-electron chi connectivity index (χ0n) is 15.9. The molecule has 1 amide bonds. The molecule has 1 aliphatic heterocycles. The van der Waals surface area contributed by atoms with Crippen LogP contribution >= 0.6 is 0 Å². The van der Waals surface area contributed by atoms with E-state index in [4.69, 9.17) is 5.10 Å². The molecule has 3 heterocycles. The van der Waals surface area contributed by atoms with Crippen LogP contribution < -0.4 is 0 Å². The summed E-state index contributed by atoms with van der Waals surface area (Å²) in [5.41, 5.74) is 5.84. The fraction of sp³-hybridized carbons (Fsp3) is 0.381. The van der Waals surface area contributed by atoms with Crippen molar-refractivity contribution in [3.63, 3.8) is 0 Å². The van der Waals surface area contributed by atoms with Crippen LogP contribution in [0.25, 0.3) is 11.3 Å². The molecule has 0 saturated carbocycles. The molecule has 1 aromatic carbocycles. The third-order valence-corrected chi connectivity index (χ3v) is 5.35. The van der Waals surface area contributed by atoms with Gasteiger partial charge >= 0.3 is 0 Å². The van der Waals surface area contributed by atoms with Crippen molar-refractivity contribution >= 4 is 5.91 Å². The van der Waals surface area contributed by atoms with Crippen molar-refractivity contribution in [1.82, 2.24) is 24.5 Å². The molecule has 27 heavy (non-hydrogen) atoms. The Hall–Kier alpha value is -2.89. The minimum atomic E-state index is 0.195. The summed E-state index contributed by atoms with van der Waals surface area (Å²) in [6.07, 6.45) is 3.92. The van der Waals surface area contributed by atoms with Gasteiger partial charge in [0.25, 0.3) is 0 Å². The Balaban J connectivity index is 1.46. The van der Waals surface area contributed by atoms with Gasteiger partial charge in [-0.25, -0.2) is 0 Å². The van der Waals surface area contributed by atoms with Gasteiger partial charge in [0, 0.05) is 62.5 Å². The van der Waals surface area contributed by atoms with Crippen LogP contribution in [0.1, 0.15) is 23.4 Å². The summed E-state index contributed by atoms with van der Waals surface area (Å²) in [7, 11) is 2.01. The van der Waals surface area contributed by atoms with Gasteiger partial charge in [-0.2, -0.15) is 10.2 Å². The second-order valence-corrected chi connectivity index (χ2v) is 7.09. The van der Waals surface area contributed by atoms with Crippen LogP contribution in [-0.4, -0.2) is 43.5 Å². The average molecular weight is 363 g/mol. The number of aryl methyl sites for hydroxylation is 3.